The summed E-state index contributed by atoms with van der Waals surface area (Å²) < 4.78 is 16.8. The molecule has 0 fully saturated rings. The summed E-state index contributed by atoms with van der Waals surface area (Å²) >= 11 is 3.40. The van der Waals surface area contributed by atoms with Crippen molar-refractivity contribution < 1.29 is 4.39 Å². The number of anilines is 2. The summed E-state index contributed by atoms with van der Waals surface area (Å²) in [7, 11) is 1.82. The van der Waals surface area contributed by atoms with Gasteiger partial charge in [-0.3, -0.25) is 4.68 Å². The van der Waals surface area contributed by atoms with E-state index in [0.29, 0.717) is 11.3 Å². The van der Waals surface area contributed by atoms with Crippen LogP contribution in [0.5, 0.6) is 0 Å². The molecule has 0 amide bonds. The molecule has 0 aliphatic rings. The minimum Gasteiger partial charge on any atom is -0.339 e. The highest BCUT2D eigenvalue weighted by Crippen LogP contribution is 2.28. The summed E-state index contributed by atoms with van der Waals surface area (Å²) in [5.74, 6) is 0.520. The average Bonchev–Trinajstić information content (AvgIpc) is 2.80. The van der Waals surface area contributed by atoms with Crippen LogP contribution in [-0.2, 0) is 7.05 Å². The number of hydrogen-bond acceptors (Lipinski definition) is 2. The van der Waals surface area contributed by atoms with Crippen LogP contribution in [0.25, 0.3) is 11.1 Å². The summed E-state index contributed by atoms with van der Waals surface area (Å²) in [6, 6.07) is 14.6. The molecule has 3 nitrogen and oxygen atoms in total. The van der Waals surface area contributed by atoms with E-state index in [1.54, 1.807) is 16.9 Å². The molecule has 1 aromatic heterocycles. The molecule has 0 aliphatic carbocycles. The summed E-state index contributed by atoms with van der Waals surface area (Å²) in [5, 5.41) is 7.27. The van der Waals surface area contributed by atoms with Crippen molar-refractivity contribution in [2.24, 2.45) is 7.05 Å². The molecule has 2 aromatic carbocycles. The van der Waals surface area contributed by atoms with E-state index < -0.39 is 0 Å². The van der Waals surface area contributed by atoms with Gasteiger partial charge in [0.15, 0.2) is 0 Å². The molecular formula is C16H13BrFN3. The average molecular weight is 346 g/mol. The highest BCUT2D eigenvalue weighted by atomic mass is 79.9. The molecule has 106 valence electrons. The SMILES string of the molecule is Cn1ncc(Br)c1Nc1ccc(-c2ccccc2)c(F)c1. The van der Waals surface area contributed by atoms with Crippen molar-refractivity contribution in [1.82, 2.24) is 9.78 Å². The van der Waals surface area contributed by atoms with Gasteiger partial charge in [0, 0.05) is 18.3 Å². The third kappa shape index (κ3) is 2.83. The van der Waals surface area contributed by atoms with Gasteiger partial charge in [-0.15, -0.1) is 0 Å². The van der Waals surface area contributed by atoms with E-state index in [-0.39, 0.29) is 5.82 Å². The second-order valence-corrected chi connectivity index (χ2v) is 5.50. The maximum atomic E-state index is 14.3. The minimum atomic E-state index is -0.260. The summed E-state index contributed by atoms with van der Waals surface area (Å²) in [4.78, 5) is 0. The predicted molar refractivity (Wildman–Crippen MR) is 86.0 cm³/mol. The van der Waals surface area contributed by atoms with E-state index in [0.717, 1.165) is 15.9 Å². The maximum absolute atomic E-state index is 14.3. The van der Waals surface area contributed by atoms with Crippen molar-refractivity contribution in [3.05, 3.63) is 65.0 Å². The molecule has 0 aliphatic heterocycles. The molecule has 0 saturated heterocycles. The number of nitrogens with zero attached hydrogens (tertiary/aromatic N) is 2. The van der Waals surface area contributed by atoms with E-state index in [2.05, 4.69) is 26.3 Å². The predicted octanol–water partition coefficient (Wildman–Crippen LogP) is 4.73. The zero-order chi connectivity index (χ0) is 14.8. The second-order valence-electron chi connectivity index (χ2n) is 4.65. The molecule has 3 rings (SSSR count). The molecule has 0 radical (unpaired) electrons. The van der Waals surface area contributed by atoms with Gasteiger partial charge < -0.3 is 5.32 Å². The van der Waals surface area contributed by atoms with Crippen LogP contribution >= 0.6 is 15.9 Å². The molecule has 0 saturated carbocycles. The van der Waals surface area contributed by atoms with Crippen molar-refractivity contribution in [3.8, 4) is 11.1 Å². The van der Waals surface area contributed by atoms with Crippen LogP contribution in [0.1, 0.15) is 0 Å². The van der Waals surface area contributed by atoms with Gasteiger partial charge in [-0.1, -0.05) is 30.3 Å². The van der Waals surface area contributed by atoms with Crippen LogP contribution in [-0.4, -0.2) is 9.78 Å². The van der Waals surface area contributed by atoms with E-state index in [9.17, 15) is 4.39 Å². The van der Waals surface area contributed by atoms with Gasteiger partial charge in [0.25, 0.3) is 0 Å². The summed E-state index contributed by atoms with van der Waals surface area (Å²) in [6.45, 7) is 0. The molecule has 0 bridgehead atoms. The molecular weight excluding hydrogens is 333 g/mol. The van der Waals surface area contributed by atoms with E-state index in [1.165, 1.54) is 6.07 Å². The molecule has 0 atom stereocenters. The number of rotatable bonds is 3. The fourth-order valence-electron chi connectivity index (χ4n) is 2.13. The highest BCUT2D eigenvalue weighted by Gasteiger charge is 2.09. The van der Waals surface area contributed by atoms with Crippen LogP contribution in [0.3, 0.4) is 0 Å². The quantitative estimate of drug-likeness (QED) is 0.743. The molecule has 5 heteroatoms. The van der Waals surface area contributed by atoms with Gasteiger partial charge in [0.2, 0.25) is 0 Å². The van der Waals surface area contributed by atoms with Gasteiger partial charge in [-0.25, -0.2) is 4.39 Å². The van der Waals surface area contributed by atoms with Crippen molar-refractivity contribution in [2.75, 3.05) is 5.32 Å². The first-order valence-corrected chi connectivity index (χ1v) is 7.24. The van der Waals surface area contributed by atoms with Crippen molar-refractivity contribution in [1.29, 1.82) is 0 Å². The third-order valence-corrected chi connectivity index (χ3v) is 3.79. The van der Waals surface area contributed by atoms with Crippen LogP contribution in [0.15, 0.2) is 59.2 Å². The fraction of sp³-hybridized carbons (Fsp3) is 0.0625. The second kappa shape index (κ2) is 5.69. The number of aryl methyl sites for hydroxylation is 1. The number of nitrogens with one attached hydrogen (secondary N) is 1. The molecule has 0 unspecified atom stereocenters. The highest BCUT2D eigenvalue weighted by molar-refractivity contribution is 9.10. The first kappa shape index (κ1) is 13.8. The Kier molecular flexibility index (Phi) is 3.75. The number of halogens is 2. The Morgan fingerprint density at radius 2 is 1.90 bits per heavy atom. The fourth-order valence-corrected chi connectivity index (χ4v) is 2.58. The molecule has 0 spiro atoms. The van der Waals surface area contributed by atoms with E-state index in [1.807, 2.05) is 43.4 Å². The molecule has 3 aromatic rings. The normalized spacial score (nSPS) is 10.6. The Bertz CT molecular complexity index is 749. The Hall–Kier alpha value is -2.14. The largest absolute Gasteiger partial charge is 0.339 e. The lowest BCUT2D eigenvalue weighted by molar-refractivity contribution is 0.632. The first-order valence-electron chi connectivity index (χ1n) is 6.44. The zero-order valence-electron chi connectivity index (χ0n) is 11.3. The summed E-state index contributed by atoms with van der Waals surface area (Å²) in [6.07, 6.45) is 1.69. The molecule has 21 heavy (non-hydrogen) atoms. The number of aromatic nitrogens is 2. The van der Waals surface area contributed by atoms with E-state index >= 15 is 0 Å². The minimum absolute atomic E-state index is 0.260. The van der Waals surface area contributed by atoms with Crippen LogP contribution < -0.4 is 5.32 Å². The lowest BCUT2D eigenvalue weighted by atomic mass is 10.0. The van der Waals surface area contributed by atoms with Gasteiger partial charge >= 0.3 is 0 Å². The molecule has 1 N–H and O–H groups in total. The van der Waals surface area contributed by atoms with Gasteiger partial charge in [0.05, 0.1) is 10.7 Å². The molecule has 1 heterocycles. The Balaban J connectivity index is 1.92. The van der Waals surface area contributed by atoms with Gasteiger partial charge in [-0.2, -0.15) is 5.10 Å². The van der Waals surface area contributed by atoms with Gasteiger partial charge in [-0.05, 0) is 39.7 Å². The Labute approximate surface area is 130 Å². The standard InChI is InChI=1S/C16H13BrFN3/c1-21-16(14(17)10-19-21)20-12-7-8-13(15(18)9-12)11-5-3-2-4-6-11/h2-10,20H,1H3. The number of hydrogen-bond donors (Lipinski definition) is 1. The van der Waals surface area contributed by atoms with E-state index in [4.69, 9.17) is 0 Å². The lowest BCUT2D eigenvalue weighted by Crippen LogP contribution is -2.00. The monoisotopic (exact) mass is 345 g/mol. The van der Waals surface area contributed by atoms with Crippen LogP contribution in [0.2, 0.25) is 0 Å². The van der Waals surface area contributed by atoms with Gasteiger partial charge in [0.1, 0.15) is 11.6 Å². The summed E-state index contributed by atoms with van der Waals surface area (Å²) in [5.41, 5.74) is 2.13. The smallest absolute Gasteiger partial charge is 0.142 e. The van der Waals surface area contributed by atoms with Crippen molar-refractivity contribution in [2.45, 2.75) is 0 Å². The van der Waals surface area contributed by atoms with Crippen LogP contribution in [0, 0.1) is 5.82 Å². The maximum Gasteiger partial charge on any atom is 0.142 e. The number of benzene rings is 2. The topological polar surface area (TPSA) is 29.9 Å². The lowest BCUT2D eigenvalue weighted by Gasteiger charge is -2.10. The van der Waals surface area contributed by atoms with Crippen molar-refractivity contribution in [3.63, 3.8) is 0 Å². The van der Waals surface area contributed by atoms with Crippen molar-refractivity contribution >= 4 is 27.4 Å². The third-order valence-electron chi connectivity index (χ3n) is 3.21. The Morgan fingerprint density at radius 1 is 1.14 bits per heavy atom. The Morgan fingerprint density at radius 3 is 2.52 bits per heavy atom. The zero-order valence-corrected chi connectivity index (χ0v) is 12.9. The first-order chi connectivity index (χ1) is 10.1. The van der Waals surface area contributed by atoms with Crippen LogP contribution in [0.4, 0.5) is 15.9 Å².